The Morgan fingerprint density at radius 1 is 1.20 bits per heavy atom. The summed E-state index contributed by atoms with van der Waals surface area (Å²) in [7, 11) is 0. The summed E-state index contributed by atoms with van der Waals surface area (Å²) in [5.74, 6) is -1.20. The standard InChI is InChI=1S/C16H16BrF2N/c1-10-3-2-4-11(9-10)5-8-14(20)15-13(18)7-6-12(17)16(15)19/h2-4,6-7,9,14H,5,8,20H2,1H3. The minimum absolute atomic E-state index is 0.0490. The monoisotopic (exact) mass is 339 g/mol. The van der Waals surface area contributed by atoms with Gasteiger partial charge in [-0.25, -0.2) is 8.78 Å². The smallest absolute Gasteiger partial charge is 0.145 e. The number of rotatable bonds is 4. The van der Waals surface area contributed by atoms with E-state index in [4.69, 9.17) is 5.73 Å². The maximum absolute atomic E-state index is 13.9. The van der Waals surface area contributed by atoms with Crippen molar-refractivity contribution in [3.63, 3.8) is 0 Å². The van der Waals surface area contributed by atoms with E-state index in [2.05, 4.69) is 22.0 Å². The number of hydrogen-bond donors (Lipinski definition) is 1. The average Bonchev–Trinajstić information content (AvgIpc) is 2.41. The first-order valence-corrected chi connectivity index (χ1v) is 7.23. The van der Waals surface area contributed by atoms with Crippen molar-refractivity contribution in [1.29, 1.82) is 0 Å². The Morgan fingerprint density at radius 2 is 1.95 bits per heavy atom. The first kappa shape index (κ1) is 15.1. The Labute approximate surface area is 125 Å². The van der Waals surface area contributed by atoms with Crippen LogP contribution in [-0.4, -0.2) is 0 Å². The molecule has 0 aliphatic carbocycles. The van der Waals surface area contributed by atoms with Crippen LogP contribution in [0.4, 0.5) is 8.78 Å². The fourth-order valence-electron chi connectivity index (χ4n) is 2.22. The Bertz CT molecular complexity index is 613. The van der Waals surface area contributed by atoms with Crippen molar-refractivity contribution in [2.75, 3.05) is 0 Å². The van der Waals surface area contributed by atoms with Crippen LogP contribution in [0.1, 0.15) is 29.2 Å². The maximum atomic E-state index is 13.9. The predicted molar refractivity (Wildman–Crippen MR) is 80.5 cm³/mol. The third-order valence-electron chi connectivity index (χ3n) is 3.28. The summed E-state index contributed by atoms with van der Waals surface area (Å²) in [5, 5.41) is 0. The van der Waals surface area contributed by atoms with E-state index in [1.165, 1.54) is 12.1 Å². The SMILES string of the molecule is Cc1cccc(CCC(N)c2c(F)ccc(Br)c2F)c1. The zero-order valence-electron chi connectivity index (χ0n) is 11.2. The van der Waals surface area contributed by atoms with Crippen LogP contribution in [0.15, 0.2) is 40.9 Å². The normalized spacial score (nSPS) is 12.4. The van der Waals surface area contributed by atoms with Crippen LogP contribution in [0, 0.1) is 18.6 Å². The minimum Gasteiger partial charge on any atom is -0.324 e. The Kier molecular flexibility index (Phi) is 4.89. The highest BCUT2D eigenvalue weighted by molar-refractivity contribution is 9.10. The molecule has 1 unspecified atom stereocenters. The molecule has 1 nitrogen and oxygen atoms in total. The lowest BCUT2D eigenvalue weighted by molar-refractivity contribution is 0.509. The van der Waals surface area contributed by atoms with E-state index in [-0.39, 0.29) is 10.0 Å². The fourth-order valence-corrected chi connectivity index (χ4v) is 2.56. The zero-order chi connectivity index (χ0) is 14.7. The van der Waals surface area contributed by atoms with Gasteiger partial charge in [0.2, 0.25) is 0 Å². The van der Waals surface area contributed by atoms with Crippen LogP contribution in [0.5, 0.6) is 0 Å². The van der Waals surface area contributed by atoms with Crippen LogP contribution in [0.2, 0.25) is 0 Å². The van der Waals surface area contributed by atoms with Crippen molar-refractivity contribution in [3.8, 4) is 0 Å². The molecule has 0 spiro atoms. The second kappa shape index (κ2) is 6.46. The number of halogens is 3. The lowest BCUT2D eigenvalue weighted by Crippen LogP contribution is -2.15. The topological polar surface area (TPSA) is 26.0 Å². The highest BCUT2D eigenvalue weighted by atomic mass is 79.9. The summed E-state index contributed by atoms with van der Waals surface area (Å²) in [6.07, 6.45) is 1.18. The van der Waals surface area contributed by atoms with E-state index < -0.39 is 17.7 Å². The first-order chi connectivity index (χ1) is 9.49. The Hall–Kier alpha value is -1.26. The van der Waals surface area contributed by atoms with Gasteiger partial charge in [-0.3, -0.25) is 0 Å². The summed E-state index contributed by atoms with van der Waals surface area (Å²) < 4.78 is 27.9. The fraction of sp³-hybridized carbons (Fsp3) is 0.250. The molecule has 2 N–H and O–H groups in total. The maximum Gasteiger partial charge on any atom is 0.145 e. The van der Waals surface area contributed by atoms with Gasteiger partial charge in [0.25, 0.3) is 0 Å². The summed E-state index contributed by atoms with van der Waals surface area (Å²) in [4.78, 5) is 0. The van der Waals surface area contributed by atoms with Crippen LogP contribution < -0.4 is 5.73 Å². The molecule has 20 heavy (non-hydrogen) atoms. The number of aryl methyl sites for hydroxylation is 2. The number of nitrogens with two attached hydrogens (primary N) is 1. The van der Waals surface area contributed by atoms with Crippen LogP contribution in [0.3, 0.4) is 0 Å². The molecule has 0 fully saturated rings. The molecule has 0 bridgehead atoms. The Morgan fingerprint density at radius 3 is 2.65 bits per heavy atom. The molecule has 0 aliphatic heterocycles. The molecule has 0 saturated carbocycles. The van der Waals surface area contributed by atoms with Gasteiger partial charge in [-0.15, -0.1) is 0 Å². The third kappa shape index (κ3) is 3.44. The highest BCUT2D eigenvalue weighted by Crippen LogP contribution is 2.28. The van der Waals surface area contributed by atoms with Crippen molar-refractivity contribution in [2.45, 2.75) is 25.8 Å². The lowest BCUT2D eigenvalue weighted by atomic mass is 9.98. The molecule has 0 radical (unpaired) electrons. The third-order valence-corrected chi connectivity index (χ3v) is 3.89. The van der Waals surface area contributed by atoms with Gasteiger partial charge in [0.05, 0.1) is 4.47 Å². The quantitative estimate of drug-likeness (QED) is 0.805. The van der Waals surface area contributed by atoms with Gasteiger partial charge in [-0.1, -0.05) is 29.8 Å². The van der Waals surface area contributed by atoms with Gasteiger partial charge < -0.3 is 5.73 Å². The molecule has 4 heteroatoms. The van der Waals surface area contributed by atoms with Crippen molar-refractivity contribution in [1.82, 2.24) is 0 Å². The Balaban J connectivity index is 2.13. The van der Waals surface area contributed by atoms with E-state index in [0.717, 1.165) is 11.1 Å². The van der Waals surface area contributed by atoms with E-state index in [1.54, 1.807) is 0 Å². The van der Waals surface area contributed by atoms with Crippen LogP contribution >= 0.6 is 15.9 Å². The van der Waals surface area contributed by atoms with E-state index in [0.29, 0.717) is 12.8 Å². The van der Waals surface area contributed by atoms with Gasteiger partial charge in [0.15, 0.2) is 0 Å². The van der Waals surface area contributed by atoms with Crippen molar-refractivity contribution < 1.29 is 8.78 Å². The molecule has 2 rings (SSSR count). The molecule has 0 saturated heterocycles. The van der Waals surface area contributed by atoms with Gasteiger partial charge >= 0.3 is 0 Å². The highest BCUT2D eigenvalue weighted by Gasteiger charge is 2.18. The first-order valence-electron chi connectivity index (χ1n) is 6.43. The molecule has 1 atom stereocenters. The summed E-state index contributed by atoms with van der Waals surface area (Å²) >= 11 is 3.06. The number of benzene rings is 2. The molecule has 2 aromatic rings. The van der Waals surface area contributed by atoms with E-state index >= 15 is 0 Å². The molecule has 106 valence electrons. The summed E-state index contributed by atoms with van der Waals surface area (Å²) in [6.45, 7) is 2.01. The van der Waals surface area contributed by atoms with E-state index in [1.807, 2.05) is 25.1 Å². The van der Waals surface area contributed by atoms with Crippen molar-refractivity contribution >= 4 is 15.9 Å². The predicted octanol–water partition coefficient (Wildman–Crippen LogP) is 4.67. The molecule has 0 aliphatic rings. The van der Waals surface area contributed by atoms with Gasteiger partial charge in [-0.2, -0.15) is 0 Å². The largest absolute Gasteiger partial charge is 0.324 e. The molecule has 0 heterocycles. The van der Waals surface area contributed by atoms with Gasteiger partial charge in [-0.05, 0) is 53.4 Å². The zero-order valence-corrected chi connectivity index (χ0v) is 12.8. The number of hydrogen-bond acceptors (Lipinski definition) is 1. The van der Waals surface area contributed by atoms with Crippen LogP contribution in [-0.2, 0) is 6.42 Å². The lowest BCUT2D eigenvalue weighted by Gasteiger charge is -2.15. The van der Waals surface area contributed by atoms with Gasteiger partial charge in [0.1, 0.15) is 11.6 Å². The molecular weight excluding hydrogens is 324 g/mol. The average molecular weight is 340 g/mol. The molecule has 0 aromatic heterocycles. The second-order valence-corrected chi connectivity index (χ2v) is 5.75. The van der Waals surface area contributed by atoms with Crippen LogP contribution in [0.25, 0.3) is 0 Å². The summed E-state index contributed by atoms with van der Waals surface area (Å²) in [5.41, 5.74) is 8.19. The van der Waals surface area contributed by atoms with Crippen molar-refractivity contribution in [2.24, 2.45) is 5.73 Å². The summed E-state index contributed by atoms with van der Waals surface area (Å²) in [6, 6.07) is 9.95. The molecule has 2 aromatic carbocycles. The molecular formula is C16H16BrF2N. The molecule has 0 amide bonds. The van der Waals surface area contributed by atoms with Gasteiger partial charge in [0, 0.05) is 11.6 Å². The second-order valence-electron chi connectivity index (χ2n) is 4.89. The van der Waals surface area contributed by atoms with E-state index in [9.17, 15) is 8.78 Å². The minimum atomic E-state index is -0.659. The van der Waals surface area contributed by atoms with Crippen molar-refractivity contribution in [3.05, 3.63) is 69.2 Å².